The smallest absolute Gasteiger partial charge is 0.322 e. The van der Waals surface area contributed by atoms with Gasteiger partial charge in [0.15, 0.2) is 0 Å². The molecule has 17 heavy (non-hydrogen) atoms. The van der Waals surface area contributed by atoms with Crippen LogP contribution in [-0.2, 0) is 16.1 Å². The minimum Gasteiger partial charge on any atom is -0.468 e. The zero-order valence-corrected chi connectivity index (χ0v) is 11.9. The second-order valence-electron chi connectivity index (χ2n) is 4.11. The van der Waals surface area contributed by atoms with E-state index < -0.39 is 0 Å². The Kier molecular flexibility index (Phi) is 5.64. The Bertz CT molecular complexity index is 365. The van der Waals surface area contributed by atoms with E-state index in [1.54, 1.807) is 10.9 Å². The number of halogens is 1. The maximum absolute atomic E-state index is 11.6. The molecule has 1 heterocycles. The van der Waals surface area contributed by atoms with E-state index in [1.165, 1.54) is 7.11 Å². The van der Waals surface area contributed by atoms with Crippen molar-refractivity contribution >= 4 is 21.9 Å². The predicted octanol–water partition coefficient (Wildman–Crippen LogP) is 1.58. The average molecular weight is 304 g/mol. The summed E-state index contributed by atoms with van der Waals surface area (Å²) in [6.07, 6.45) is 4.26. The topological polar surface area (TPSA) is 56.2 Å². The van der Waals surface area contributed by atoms with Gasteiger partial charge in [0.1, 0.15) is 6.04 Å². The van der Waals surface area contributed by atoms with Crippen molar-refractivity contribution in [1.82, 2.24) is 15.1 Å². The first-order valence-corrected chi connectivity index (χ1v) is 6.34. The first-order valence-electron chi connectivity index (χ1n) is 5.54. The molecule has 0 aliphatic heterocycles. The molecular formula is C11H18BrN3O2. The maximum atomic E-state index is 11.6. The molecule has 0 aliphatic carbocycles. The SMILES string of the molecule is COC(=O)C(CCn1cc(Br)cn1)NC(C)C. The standard InChI is InChI=1S/C11H18BrN3O2/c1-8(2)14-10(11(16)17-3)4-5-15-7-9(12)6-13-15/h6-8,10,14H,4-5H2,1-3H3. The Morgan fingerprint density at radius 3 is 2.82 bits per heavy atom. The molecular weight excluding hydrogens is 286 g/mol. The van der Waals surface area contributed by atoms with E-state index in [4.69, 9.17) is 4.74 Å². The van der Waals surface area contributed by atoms with Crippen molar-refractivity contribution in [1.29, 1.82) is 0 Å². The summed E-state index contributed by atoms with van der Waals surface area (Å²) in [6.45, 7) is 4.67. The van der Waals surface area contributed by atoms with Gasteiger partial charge in [0.2, 0.25) is 0 Å². The quantitative estimate of drug-likeness (QED) is 0.811. The summed E-state index contributed by atoms with van der Waals surface area (Å²) in [5, 5.41) is 7.32. The van der Waals surface area contributed by atoms with Gasteiger partial charge in [0, 0.05) is 18.8 Å². The van der Waals surface area contributed by atoms with Crippen molar-refractivity contribution in [3.8, 4) is 0 Å². The van der Waals surface area contributed by atoms with E-state index in [2.05, 4.69) is 26.3 Å². The molecule has 0 spiro atoms. The number of nitrogens with zero attached hydrogens (tertiary/aromatic N) is 2. The summed E-state index contributed by atoms with van der Waals surface area (Å²) in [5.74, 6) is -0.232. The van der Waals surface area contributed by atoms with Crippen molar-refractivity contribution in [2.75, 3.05) is 7.11 Å². The number of aryl methyl sites for hydroxylation is 1. The molecule has 1 aromatic heterocycles. The van der Waals surface area contributed by atoms with Crippen LogP contribution >= 0.6 is 15.9 Å². The van der Waals surface area contributed by atoms with Crippen LogP contribution in [-0.4, -0.2) is 34.9 Å². The third kappa shape index (κ3) is 4.87. The second-order valence-corrected chi connectivity index (χ2v) is 5.02. The van der Waals surface area contributed by atoms with E-state index in [0.29, 0.717) is 13.0 Å². The fraction of sp³-hybridized carbons (Fsp3) is 0.636. The van der Waals surface area contributed by atoms with Gasteiger partial charge < -0.3 is 10.1 Å². The van der Waals surface area contributed by atoms with E-state index in [0.717, 1.165) is 4.47 Å². The lowest BCUT2D eigenvalue weighted by molar-refractivity contribution is -0.143. The largest absolute Gasteiger partial charge is 0.468 e. The second kappa shape index (κ2) is 6.76. The van der Waals surface area contributed by atoms with Gasteiger partial charge in [-0.25, -0.2) is 0 Å². The number of methoxy groups -OCH3 is 1. The zero-order valence-electron chi connectivity index (χ0n) is 10.3. The predicted molar refractivity (Wildman–Crippen MR) is 68.6 cm³/mol. The Morgan fingerprint density at radius 1 is 1.65 bits per heavy atom. The highest BCUT2D eigenvalue weighted by molar-refractivity contribution is 9.10. The van der Waals surface area contributed by atoms with Crippen molar-refractivity contribution in [2.24, 2.45) is 0 Å². The molecule has 0 aliphatic rings. The van der Waals surface area contributed by atoms with E-state index in [1.807, 2.05) is 20.0 Å². The van der Waals surface area contributed by atoms with Crippen LogP contribution in [0.3, 0.4) is 0 Å². The van der Waals surface area contributed by atoms with Crippen LogP contribution in [0.4, 0.5) is 0 Å². The number of hydrogen-bond donors (Lipinski definition) is 1. The molecule has 0 saturated carbocycles. The van der Waals surface area contributed by atoms with Gasteiger partial charge in [-0.15, -0.1) is 0 Å². The minimum atomic E-state index is -0.289. The Balaban J connectivity index is 2.51. The van der Waals surface area contributed by atoms with Crippen LogP contribution in [0.1, 0.15) is 20.3 Å². The van der Waals surface area contributed by atoms with Crippen LogP contribution in [0.15, 0.2) is 16.9 Å². The fourth-order valence-electron chi connectivity index (χ4n) is 1.54. The normalized spacial score (nSPS) is 12.8. The third-order valence-corrected chi connectivity index (χ3v) is 2.68. The lowest BCUT2D eigenvalue weighted by atomic mass is 10.2. The molecule has 6 heteroatoms. The lowest BCUT2D eigenvalue weighted by Crippen LogP contribution is -2.42. The molecule has 0 bridgehead atoms. The molecule has 96 valence electrons. The number of aromatic nitrogens is 2. The van der Waals surface area contributed by atoms with Gasteiger partial charge in [0.25, 0.3) is 0 Å². The maximum Gasteiger partial charge on any atom is 0.322 e. The molecule has 1 N–H and O–H groups in total. The summed E-state index contributed by atoms with van der Waals surface area (Å²) in [6, 6.07) is -0.0496. The summed E-state index contributed by atoms with van der Waals surface area (Å²) >= 11 is 3.33. The van der Waals surface area contributed by atoms with Gasteiger partial charge in [-0.2, -0.15) is 5.10 Å². The van der Waals surface area contributed by atoms with Crippen LogP contribution in [0.2, 0.25) is 0 Å². The number of carbonyl (C=O) groups is 1. The van der Waals surface area contributed by atoms with E-state index >= 15 is 0 Å². The monoisotopic (exact) mass is 303 g/mol. The van der Waals surface area contributed by atoms with Gasteiger partial charge in [-0.05, 0) is 22.4 Å². The molecule has 1 atom stereocenters. The van der Waals surface area contributed by atoms with Crippen molar-refractivity contribution in [3.63, 3.8) is 0 Å². The van der Waals surface area contributed by atoms with Gasteiger partial charge >= 0.3 is 5.97 Å². The molecule has 1 unspecified atom stereocenters. The summed E-state index contributed by atoms with van der Waals surface area (Å²) in [7, 11) is 1.40. The van der Waals surface area contributed by atoms with Crippen molar-refractivity contribution in [3.05, 3.63) is 16.9 Å². The number of hydrogen-bond acceptors (Lipinski definition) is 4. The number of nitrogens with one attached hydrogen (secondary N) is 1. The van der Waals surface area contributed by atoms with E-state index in [9.17, 15) is 4.79 Å². The van der Waals surface area contributed by atoms with Crippen LogP contribution in [0, 0.1) is 0 Å². The Labute approximate surface area is 110 Å². The van der Waals surface area contributed by atoms with Crippen molar-refractivity contribution in [2.45, 2.75) is 38.9 Å². The molecule has 5 nitrogen and oxygen atoms in total. The zero-order chi connectivity index (χ0) is 12.8. The molecule has 1 rings (SSSR count). The van der Waals surface area contributed by atoms with Gasteiger partial charge in [-0.3, -0.25) is 9.48 Å². The lowest BCUT2D eigenvalue weighted by Gasteiger charge is -2.18. The third-order valence-electron chi connectivity index (χ3n) is 2.27. The summed E-state index contributed by atoms with van der Waals surface area (Å²) in [5.41, 5.74) is 0. The fourth-order valence-corrected chi connectivity index (χ4v) is 1.86. The molecule has 1 aromatic rings. The molecule has 0 aromatic carbocycles. The highest BCUT2D eigenvalue weighted by Crippen LogP contribution is 2.07. The number of esters is 1. The number of rotatable bonds is 6. The van der Waals surface area contributed by atoms with E-state index in [-0.39, 0.29) is 18.1 Å². The first kappa shape index (κ1) is 14.2. The highest BCUT2D eigenvalue weighted by atomic mass is 79.9. The molecule has 0 fully saturated rings. The molecule has 0 radical (unpaired) electrons. The van der Waals surface area contributed by atoms with Crippen molar-refractivity contribution < 1.29 is 9.53 Å². The molecule has 0 amide bonds. The van der Waals surface area contributed by atoms with Gasteiger partial charge in [-0.1, -0.05) is 13.8 Å². The Hall–Kier alpha value is -0.880. The first-order chi connectivity index (χ1) is 8.02. The van der Waals surface area contributed by atoms with Crippen LogP contribution < -0.4 is 5.32 Å². The number of carbonyl (C=O) groups excluding carboxylic acids is 1. The molecule has 0 saturated heterocycles. The van der Waals surface area contributed by atoms with Gasteiger partial charge in [0.05, 0.1) is 17.8 Å². The minimum absolute atomic E-state index is 0.232. The Morgan fingerprint density at radius 2 is 2.35 bits per heavy atom. The van der Waals surface area contributed by atoms with Crippen LogP contribution in [0.25, 0.3) is 0 Å². The summed E-state index contributed by atoms with van der Waals surface area (Å²) in [4.78, 5) is 11.6. The highest BCUT2D eigenvalue weighted by Gasteiger charge is 2.19. The van der Waals surface area contributed by atoms with Crippen LogP contribution in [0.5, 0.6) is 0 Å². The number of ether oxygens (including phenoxy) is 1. The summed E-state index contributed by atoms with van der Waals surface area (Å²) < 4.78 is 7.49. The average Bonchev–Trinajstić information content (AvgIpc) is 2.68.